The van der Waals surface area contributed by atoms with Crippen LogP contribution >= 0.6 is 0 Å². The van der Waals surface area contributed by atoms with Crippen molar-refractivity contribution < 1.29 is 36.1 Å². The van der Waals surface area contributed by atoms with Gasteiger partial charge in [-0.15, -0.1) is 0 Å². The summed E-state index contributed by atoms with van der Waals surface area (Å²) < 4.78 is 18.2. The normalized spacial score (nSPS) is 32.6. The van der Waals surface area contributed by atoms with E-state index in [1.54, 1.807) is 7.05 Å². The number of hydrogen-bond acceptors (Lipinski definition) is 7. The lowest BCUT2D eigenvalue weighted by atomic mass is 9.92. The zero-order valence-corrected chi connectivity index (χ0v) is 12.5. The van der Waals surface area contributed by atoms with Crippen LogP contribution in [0.4, 0.5) is 0 Å². The lowest BCUT2D eigenvalue weighted by molar-refractivity contribution is -0.260. The molecule has 1 aliphatic rings. The van der Waals surface area contributed by atoms with E-state index < -0.39 is 36.7 Å². The molecule has 6 atom stereocenters. The van der Waals surface area contributed by atoms with Gasteiger partial charge in [0.15, 0.2) is 6.29 Å². The highest BCUT2D eigenvalue weighted by molar-refractivity contribution is 5.32. The summed E-state index contributed by atoms with van der Waals surface area (Å²) in [6.07, 6.45) is -4.43. The number of aliphatic hydroxyl groups is 3. The topological polar surface area (TPSA) is 128 Å². The fourth-order valence-corrected chi connectivity index (χ4v) is 2.14. The van der Waals surface area contributed by atoms with Crippen LogP contribution in [0.3, 0.4) is 0 Å². The highest BCUT2D eigenvalue weighted by Crippen LogP contribution is 2.25. The van der Waals surface area contributed by atoms with Crippen molar-refractivity contribution in [2.45, 2.75) is 70.0 Å². The molecule has 8 nitrogen and oxygen atoms in total. The second kappa shape index (κ2) is 10.0. The first-order valence-corrected chi connectivity index (χ1v) is 6.71. The average Bonchev–Trinajstić information content (AvgIpc) is 2.45. The quantitative estimate of drug-likeness (QED) is 0.406. The summed E-state index contributed by atoms with van der Waals surface area (Å²) in [5.41, 5.74) is 0. The molecule has 0 aromatic rings. The molecule has 0 bridgehead atoms. The van der Waals surface area contributed by atoms with E-state index in [9.17, 15) is 15.3 Å². The number of likely N-dealkylation sites (N-methyl/N-ethyl adjacent to an activating group) is 1. The molecule has 126 valence electrons. The first-order valence-electron chi connectivity index (χ1n) is 7.42. The molecule has 1 fully saturated rings. The fourth-order valence-electron chi connectivity index (χ4n) is 2.14. The van der Waals surface area contributed by atoms with Crippen molar-refractivity contribution in [2.75, 3.05) is 7.05 Å². The van der Waals surface area contributed by atoms with E-state index in [1.807, 2.05) is 13.8 Å². The van der Waals surface area contributed by atoms with Gasteiger partial charge < -0.3 is 35.2 Å². The van der Waals surface area contributed by atoms with Crippen molar-refractivity contribution in [3.05, 3.63) is 0 Å². The Morgan fingerprint density at radius 3 is 2.48 bits per heavy atom. The highest BCUT2D eigenvalue weighted by atomic mass is 16.7. The number of ether oxygens (including phenoxy) is 2. The Morgan fingerprint density at radius 2 is 2.05 bits per heavy atom. The Hall–Kier alpha value is -0.770. The monoisotopic (exact) mass is 310 g/mol. The molecule has 0 aromatic carbocycles. The second-order valence-electron chi connectivity index (χ2n) is 5.00. The van der Waals surface area contributed by atoms with Crippen LogP contribution in [-0.2, 0) is 14.3 Å². The SMILES string of the molecule is O=CO.[2H]CC(O)C(O)C1OC(OC(C)C)CC(O)C1NC. The van der Waals surface area contributed by atoms with Crippen LogP contribution in [0.5, 0.6) is 0 Å². The van der Waals surface area contributed by atoms with Gasteiger partial charge in [-0.3, -0.25) is 4.79 Å². The van der Waals surface area contributed by atoms with E-state index in [0.29, 0.717) is 6.42 Å². The third-order valence-corrected chi connectivity index (χ3v) is 3.00. The molecule has 0 aliphatic carbocycles. The van der Waals surface area contributed by atoms with Gasteiger partial charge in [-0.2, -0.15) is 0 Å². The molecule has 5 N–H and O–H groups in total. The number of rotatable bonds is 5. The molecule has 0 amide bonds. The lowest BCUT2D eigenvalue weighted by Gasteiger charge is -2.42. The summed E-state index contributed by atoms with van der Waals surface area (Å²) >= 11 is 0. The molecule has 0 spiro atoms. The van der Waals surface area contributed by atoms with Gasteiger partial charge in [0.25, 0.3) is 6.47 Å². The number of carbonyl (C=O) groups is 1. The van der Waals surface area contributed by atoms with Gasteiger partial charge in [0.1, 0.15) is 12.2 Å². The van der Waals surface area contributed by atoms with Gasteiger partial charge >= 0.3 is 0 Å². The molecule has 0 aromatic heterocycles. The van der Waals surface area contributed by atoms with E-state index in [4.69, 9.17) is 20.7 Å². The van der Waals surface area contributed by atoms with Crippen molar-refractivity contribution >= 4 is 6.47 Å². The number of nitrogens with one attached hydrogen (secondary N) is 1. The average molecular weight is 310 g/mol. The number of aliphatic hydroxyl groups excluding tert-OH is 3. The van der Waals surface area contributed by atoms with E-state index in [2.05, 4.69) is 5.32 Å². The third-order valence-electron chi connectivity index (χ3n) is 3.00. The molecule has 0 saturated carbocycles. The maximum atomic E-state index is 10.1. The minimum Gasteiger partial charge on any atom is -0.483 e. The summed E-state index contributed by atoms with van der Waals surface area (Å²) in [6, 6.07) is -0.511. The zero-order valence-electron chi connectivity index (χ0n) is 13.5. The lowest BCUT2D eigenvalue weighted by Crippen LogP contribution is -2.61. The maximum Gasteiger partial charge on any atom is 0.290 e. The highest BCUT2D eigenvalue weighted by Gasteiger charge is 2.42. The van der Waals surface area contributed by atoms with Crippen LogP contribution in [0.15, 0.2) is 0 Å². The minimum atomic E-state index is -1.25. The summed E-state index contributed by atoms with van der Waals surface area (Å²) in [5.74, 6) is 0. The van der Waals surface area contributed by atoms with E-state index in [0.717, 1.165) is 0 Å². The predicted molar refractivity (Wildman–Crippen MR) is 74.7 cm³/mol. The minimum absolute atomic E-state index is 0.0674. The third kappa shape index (κ3) is 6.68. The van der Waals surface area contributed by atoms with Gasteiger partial charge in [-0.05, 0) is 27.8 Å². The zero-order chi connectivity index (χ0) is 17.3. The van der Waals surface area contributed by atoms with Crippen molar-refractivity contribution in [1.82, 2.24) is 5.32 Å². The van der Waals surface area contributed by atoms with Crippen LogP contribution < -0.4 is 5.32 Å². The van der Waals surface area contributed by atoms with Gasteiger partial charge in [0.2, 0.25) is 0 Å². The summed E-state index contributed by atoms with van der Waals surface area (Å²) in [7, 11) is 1.65. The van der Waals surface area contributed by atoms with Gasteiger partial charge in [-0.1, -0.05) is 0 Å². The molecule has 21 heavy (non-hydrogen) atoms. The smallest absolute Gasteiger partial charge is 0.290 e. The molecule has 1 saturated heterocycles. The van der Waals surface area contributed by atoms with Gasteiger partial charge in [0.05, 0.1) is 24.4 Å². The van der Waals surface area contributed by atoms with Crippen LogP contribution in [0, 0.1) is 0 Å². The Bertz CT molecular complexity index is 308. The van der Waals surface area contributed by atoms with Crippen LogP contribution in [-0.4, -0.2) is 76.8 Å². The standard InChI is InChI=1S/C12H25NO5.CH2O2/c1-6(2)17-9-5-8(15)10(13-4)12(18-9)11(16)7(3)14;2-1-3/h6-16H,5H2,1-4H3;1H,(H,2,3)/i3D;. The van der Waals surface area contributed by atoms with Crippen LogP contribution in [0.1, 0.15) is 28.5 Å². The van der Waals surface area contributed by atoms with Crippen molar-refractivity contribution in [2.24, 2.45) is 0 Å². The van der Waals surface area contributed by atoms with Crippen molar-refractivity contribution in [3.63, 3.8) is 0 Å². The largest absolute Gasteiger partial charge is 0.483 e. The Kier molecular flexibility index (Phi) is 8.74. The molecule has 1 aliphatic heterocycles. The predicted octanol–water partition coefficient (Wildman–Crippen LogP) is -1.08. The Labute approximate surface area is 126 Å². The second-order valence-corrected chi connectivity index (χ2v) is 5.00. The first kappa shape index (κ1) is 18.3. The van der Waals surface area contributed by atoms with Gasteiger partial charge in [0, 0.05) is 7.79 Å². The van der Waals surface area contributed by atoms with Crippen molar-refractivity contribution in [3.8, 4) is 0 Å². The van der Waals surface area contributed by atoms with Gasteiger partial charge in [-0.25, -0.2) is 0 Å². The number of carboxylic acid groups (broad SMARTS) is 1. The van der Waals surface area contributed by atoms with Crippen LogP contribution in [0.2, 0.25) is 0 Å². The number of hydrogen-bond donors (Lipinski definition) is 5. The molecule has 1 heterocycles. The van der Waals surface area contributed by atoms with E-state index in [-0.39, 0.29) is 19.5 Å². The summed E-state index contributed by atoms with van der Waals surface area (Å²) in [5, 5.41) is 39.4. The first-order chi connectivity index (χ1) is 10.3. The molecular formula is C13H27NO7. The fraction of sp³-hybridized carbons (Fsp3) is 0.923. The molecule has 8 heteroatoms. The summed E-state index contributed by atoms with van der Waals surface area (Å²) in [4.78, 5) is 8.36. The van der Waals surface area contributed by atoms with Crippen molar-refractivity contribution in [1.29, 1.82) is 0 Å². The van der Waals surface area contributed by atoms with E-state index in [1.165, 1.54) is 0 Å². The molecule has 1 rings (SSSR count). The van der Waals surface area contributed by atoms with Crippen LogP contribution in [0.25, 0.3) is 0 Å². The molecule has 0 radical (unpaired) electrons. The Morgan fingerprint density at radius 1 is 1.48 bits per heavy atom. The summed E-state index contributed by atoms with van der Waals surface area (Å²) in [6.45, 7) is 3.12. The molecule has 6 unspecified atom stereocenters. The maximum absolute atomic E-state index is 10.1. The Balaban J connectivity index is 0.00000135. The molecular weight excluding hydrogens is 282 g/mol. The van der Waals surface area contributed by atoms with E-state index >= 15 is 0 Å².